The fraction of sp³-hybridized carbons (Fsp3) is 0.136. The van der Waals surface area contributed by atoms with Gasteiger partial charge >= 0.3 is 0 Å². The average molecular weight is 410 g/mol. The van der Waals surface area contributed by atoms with Crippen molar-refractivity contribution in [1.82, 2.24) is 4.41 Å². The second kappa shape index (κ2) is 7.67. The van der Waals surface area contributed by atoms with Gasteiger partial charge in [-0.25, -0.2) is 4.39 Å². The molecule has 0 N–H and O–H groups in total. The Bertz CT molecular complexity index is 1160. The minimum Gasteiger partial charge on any atom is -0.497 e. The quantitative estimate of drug-likeness (QED) is 0.627. The maximum Gasteiger partial charge on any atom is 0.279 e. The Hall–Kier alpha value is -3.19. The van der Waals surface area contributed by atoms with Gasteiger partial charge in [0.1, 0.15) is 11.6 Å². The van der Waals surface area contributed by atoms with E-state index in [1.807, 2.05) is 18.2 Å². The summed E-state index contributed by atoms with van der Waals surface area (Å²) in [5.74, 6) is 0.228. The van der Waals surface area contributed by atoms with Crippen LogP contribution in [0, 0.1) is 5.82 Å². The highest BCUT2D eigenvalue weighted by molar-refractivity contribution is 7.89. The van der Waals surface area contributed by atoms with Gasteiger partial charge in [0.15, 0.2) is 0 Å². The van der Waals surface area contributed by atoms with Gasteiger partial charge in [-0.3, -0.25) is 0 Å². The Labute approximate surface area is 169 Å². The normalized spacial score (nSPS) is 16.6. The van der Waals surface area contributed by atoms with Crippen LogP contribution >= 0.6 is 0 Å². The van der Waals surface area contributed by atoms with Crippen LogP contribution in [0.2, 0.25) is 0 Å². The summed E-state index contributed by atoms with van der Waals surface area (Å²) in [6.07, 6.45) is 0.322. The summed E-state index contributed by atoms with van der Waals surface area (Å²) in [4.78, 5) is 0.136. The zero-order chi connectivity index (χ0) is 20.4. The third-order valence-corrected chi connectivity index (χ3v) is 6.49. The Kier molecular flexibility index (Phi) is 5.07. The van der Waals surface area contributed by atoms with Gasteiger partial charge in [0.25, 0.3) is 10.0 Å². The molecular formula is C22H19FN2O3S. The molecule has 3 aromatic carbocycles. The highest BCUT2D eigenvalue weighted by atomic mass is 32.2. The van der Waals surface area contributed by atoms with Crippen LogP contribution < -0.4 is 4.74 Å². The Morgan fingerprint density at radius 1 is 1.00 bits per heavy atom. The van der Waals surface area contributed by atoms with Gasteiger partial charge in [-0.15, -0.1) is 0 Å². The minimum atomic E-state index is -3.91. The van der Waals surface area contributed by atoms with Crippen molar-refractivity contribution >= 4 is 15.7 Å². The molecule has 1 atom stereocenters. The first kappa shape index (κ1) is 19.1. The van der Waals surface area contributed by atoms with Crippen molar-refractivity contribution < 1.29 is 17.5 Å². The average Bonchev–Trinajstić information content (AvgIpc) is 3.21. The fourth-order valence-corrected chi connectivity index (χ4v) is 4.80. The fourth-order valence-electron chi connectivity index (χ4n) is 3.35. The molecule has 0 bridgehead atoms. The van der Waals surface area contributed by atoms with E-state index in [-0.39, 0.29) is 4.90 Å². The van der Waals surface area contributed by atoms with Crippen LogP contribution in [-0.4, -0.2) is 25.7 Å². The summed E-state index contributed by atoms with van der Waals surface area (Å²) in [5.41, 5.74) is 1.90. The van der Waals surface area contributed by atoms with Crippen molar-refractivity contribution in [3.8, 4) is 5.75 Å². The van der Waals surface area contributed by atoms with E-state index >= 15 is 0 Å². The van der Waals surface area contributed by atoms with Crippen molar-refractivity contribution in [2.75, 3.05) is 7.11 Å². The summed E-state index contributed by atoms with van der Waals surface area (Å²) in [6.45, 7) is 0. The molecule has 1 aliphatic rings. The van der Waals surface area contributed by atoms with Crippen molar-refractivity contribution in [2.24, 2.45) is 5.10 Å². The number of hydrogen-bond acceptors (Lipinski definition) is 4. The molecule has 5 nitrogen and oxygen atoms in total. The molecule has 3 aromatic rings. The molecular weight excluding hydrogens is 391 g/mol. The molecule has 4 rings (SSSR count). The predicted octanol–water partition coefficient (Wildman–Crippen LogP) is 4.37. The highest BCUT2D eigenvalue weighted by Gasteiger charge is 2.37. The Balaban J connectivity index is 1.81. The van der Waals surface area contributed by atoms with Crippen LogP contribution in [-0.2, 0) is 10.0 Å². The largest absolute Gasteiger partial charge is 0.497 e. The van der Waals surface area contributed by atoms with Crippen LogP contribution in [0.5, 0.6) is 5.75 Å². The smallest absolute Gasteiger partial charge is 0.279 e. The summed E-state index contributed by atoms with van der Waals surface area (Å²) in [5, 5.41) is 4.45. The summed E-state index contributed by atoms with van der Waals surface area (Å²) in [6, 6.07) is 20.7. The van der Waals surface area contributed by atoms with Gasteiger partial charge < -0.3 is 4.74 Å². The molecule has 1 heterocycles. The van der Waals surface area contributed by atoms with Crippen LogP contribution in [0.1, 0.15) is 23.6 Å². The Morgan fingerprint density at radius 2 is 1.76 bits per heavy atom. The number of sulfonamides is 1. The second-order valence-corrected chi connectivity index (χ2v) is 8.44. The standard InChI is InChI=1S/C22H19FN2O3S/c1-28-19-10-6-7-16(14-19)21-15-22(17-8-5-9-18(23)13-17)25(24-21)29(26,27)20-11-3-2-4-12-20/h2-14,22H,15H2,1H3/t22-/m1/s1. The first-order valence-corrected chi connectivity index (χ1v) is 10.5. The van der Waals surface area contributed by atoms with E-state index in [9.17, 15) is 12.8 Å². The van der Waals surface area contributed by atoms with Gasteiger partial charge in [0.2, 0.25) is 0 Å². The predicted molar refractivity (Wildman–Crippen MR) is 109 cm³/mol. The Morgan fingerprint density at radius 3 is 2.48 bits per heavy atom. The molecule has 0 spiro atoms. The van der Waals surface area contributed by atoms with Crippen molar-refractivity contribution in [1.29, 1.82) is 0 Å². The molecule has 7 heteroatoms. The molecule has 0 unspecified atom stereocenters. The number of hydrogen-bond donors (Lipinski definition) is 0. The van der Waals surface area contributed by atoms with Crippen molar-refractivity contribution in [2.45, 2.75) is 17.4 Å². The van der Waals surface area contributed by atoms with Gasteiger partial charge in [-0.1, -0.05) is 42.5 Å². The lowest BCUT2D eigenvalue weighted by Crippen LogP contribution is -2.27. The maximum atomic E-state index is 13.9. The van der Waals surface area contributed by atoms with Crippen molar-refractivity contribution in [3.05, 3.63) is 95.8 Å². The molecule has 29 heavy (non-hydrogen) atoms. The summed E-state index contributed by atoms with van der Waals surface area (Å²) < 4.78 is 46.8. The number of rotatable bonds is 5. The minimum absolute atomic E-state index is 0.136. The van der Waals surface area contributed by atoms with E-state index in [1.54, 1.807) is 43.5 Å². The van der Waals surface area contributed by atoms with Crippen LogP contribution in [0.25, 0.3) is 0 Å². The van der Waals surface area contributed by atoms with E-state index in [2.05, 4.69) is 5.10 Å². The van der Waals surface area contributed by atoms with E-state index < -0.39 is 21.9 Å². The molecule has 0 amide bonds. The first-order chi connectivity index (χ1) is 14.0. The topological polar surface area (TPSA) is 59.0 Å². The first-order valence-electron chi connectivity index (χ1n) is 9.06. The molecule has 0 fully saturated rings. The highest BCUT2D eigenvalue weighted by Crippen LogP contribution is 2.37. The van der Waals surface area contributed by atoms with Crippen LogP contribution in [0.3, 0.4) is 0 Å². The van der Waals surface area contributed by atoms with Gasteiger partial charge in [-0.05, 0) is 42.0 Å². The van der Waals surface area contributed by atoms with Gasteiger partial charge in [0, 0.05) is 12.0 Å². The lowest BCUT2D eigenvalue weighted by molar-refractivity contribution is 0.370. The van der Waals surface area contributed by atoms with E-state index in [0.717, 1.165) is 9.98 Å². The number of benzene rings is 3. The molecule has 148 valence electrons. The molecule has 0 aromatic heterocycles. The number of hydrazone groups is 1. The third-order valence-electron chi connectivity index (χ3n) is 4.80. The molecule has 0 saturated carbocycles. The van der Waals surface area contributed by atoms with Gasteiger partial charge in [-0.2, -0.15) is 17.9 Å². The monoisotopic (exact) mass is 410 g/mol. The lowest BCUT2D eigenvalue weighted by atomic mass is 9.99. The number of ether oxygens (including phenoxy) is 1. The van der Waals surface area contributed by atoms with Crippen LogP contribution in [0.15, 0.2) is 88.9 Å². The second-order valence-electron chi connectivity index (χ2n) is 6.64. The zero-order valence-electron chi connectivity index (χ0n) is 15.7. The lowest BCUT2D eigenvalue weighted by Gasteiger charge is -2.23. The van der Waals surface area contributed by atoms with Gasteiger partial charge in [0.05, 0.1) is 23.8 Å². The molecule has 0 aliphatic carbocycles. The summed E-state index contributed by atoms with van der Waals surface area (Å²) >= 11 is 0. The van der Waals surface area contributed by atoms with E-state index in [0.29, 0.717) is 23.4 Å². The maximum absolute atomic E-state index is 13.9. The SMILES string of the molecule is COc1cccc(C2=NN(S(=O)(=O)c3ccccc3)[C@@H](c3cccc(F)c3)C2)c1. The number of methoxy groups -OCH3 is 1. The molecule has 0 saturated heterocycles. The number of halogens is 1. The third kappa shape index (κ3) is 3.73. The summed E-state index contributed by atoms with van der Waals surface area (Å²) in [7, 11) is -2.35. The van der Waals surface area contributed by atoms with E-state index in [1.165, 1.54) is 24.3 Å². The van der Waals surface area contributed by atoms with Crippen molar-refractivity contribution in [3.63, 3.8) is 0 Å². The molecule has 0 radical (unpaired) electrons. The zero-order valence-corrected chi connectivity index (χ0v) is 16.5. The van der Waals surface area contributed by atoms with E-state index in [4.69, 9.17) is 4.74 Å². The van der Waals surface area contributed by atoms with Crippen LogP contribution in [0.4, 0.5) is 4.39 Å². The number of nitrogens with zero attached hydrogens (tertiary/aromatic N) is 2. The molecule has 1 aliphatic heterocycles.